The second-order valence-corrected chi connectivity index (χ2v) is 6.34. The number of aliphatic hydroxyl groups is 1. The van der Waals surface area contributed by atoms with Crippen LogP contribution in [-0.4, -0.2) is 46.6 Å². The van der Waals surface area contributed by atoms with E-state index in [9.17, 15) is 20.0 Å². The Morgan fingerprint density at radius 3 is 2.74 bits per heavy atom. The molecule has 2 N–H and O–H groups in total. The van der Waals surface area contributed by atoms with Gasteiger partial charge in [-0.3, -0.25) is 19.8 Å². The summed E-state index contributed by atoms with van der Waals surface area (Å²) >= 11 is 5.96. The minimum atomic E-state index is -0.548. The molecule has 1 aromatic rings. The number of amides is 1. The maximum absolute atomic E-state index is 12.3. The maximum Gasteiger partial charge on any atom is 0.271 e. The van der Waals surface area contributed by atoms with E-state index in [-0.39, 0.29) is 16.6 Å². The van der Waals surface area contributed by atoms with Crippen molar-refractivity contribution in [3.8, 4) is 0 Å². The lowest BCUT2D eigenvalue weighted by Crippen LogP contribution is -2.43. The molecular weight excluding hydrogens is 322 g/mol. The van der Waals surface area contributed by atoms with Crippen LogP contribution in [0.15, 0.2) is 18.2 Å². The number of halogens is 1. The molecule has 2 rings (SSSR count). The summed E-state index contributed by atoms with van der Waals surface area (Å²) in [5, 5.41) is 23.4. The smallest absolute Gasteiger partial charge is 0.271 e. The second-order valence-electron chi connectivity index (χ2n) is 5.93. The van der Waals surface area contributed by atoms with Crippen LogP contribution in [0.4, 0.5) is 11.4 Å². The number of non-ortho nitro benzene ring substituents is 1. The molecule has 0 radical (unpaired) electrons. The number of nitrogens with one attached hydrogen (secondary N) is 1. The van der Waals surface area contributed by atoms with Crippen molar-refractivity contribution in [1.82, 2.24) is 4.90 Å². The first kappa shape index (κ1) is 17.7. The predicted molar refractivity (Wildman–Crippen MR) is 87.6 cm³/mol. The first-order valence-corrected chi connectivity index (χ1v) is 7.80. The van der Waals surface area contributed by atoms with Crippen molar-refractivity contribution in [2.75, 3.05) is 18.9 Å². The van der Waals surface area contributed by atoms with Gasteiger partial charge in [-0.05, 0) is 38.8 Å². The number of nitrogens with zero attached hydrogens (tertiary/aromatic N) is 2. The van der Waals surface area contributed by atoms with Gasteiger partial charge in [0, 0.05) is 18.7 Å². The van der Waals surface area contributed by atoms with Crippen LogP contribution in [0.5, 0.6) is 0 Å². The van der Waals surface area contributed by atoms with E-state index >= 15 is 0 Å². The molecule has 0 heterocycles. The summed E-state index contributed by atoms with van der Waals surface area (Å²) in [7, 11) is 1.77. The normalized spacial score (nSPS) is 16.9. The van der Waals surface area contributed by atoms with Crippen LogP contribution in [0.25, 0.3) is 0 Å². The SMILES string of the molecule is CC(C(=O)Nc1ccc([N+](=O)[O-])cc1Cl)N(C)CC(O)C1CC1. The molecule has 8 heteroatoms. The quantitative estimate of drug-likeness (QED) is 0.586. The zero-order valence-electron chi connectivity index (χ0n) is 13.0. The molecule has 1 amide bonds. The average molecular weight is 342 g/mol. The lowest BCUT2D eigenvalue weighted by Gasteiger charge is -2.26. The van der Waals surface area contributed by atoms with E-state index in [1.54, 1.807) is 18.9 Å². The van der Waals surface area contributed by atoms with Gasteiger partial charge in [-0.15, -0.1) is 0 Å². The van der Waals surface area contributed by atoms with E-state index in [1.165, 1.54) is 18.2 Å². The van der Waals surface area contributed by atoms with Gasteiger partial charge in [0.15, 0.2) is 0 Å². The van der Waals surface area contributed by atoms with E-state index in [2.05, 4.69) is 5.32 Å². The fraction of sp³-hybridized carbons (Fsp3) is 0.533. The number of carbonyl (C=O) groups excluding carboxylic acids is 1. The molecule has 0 spiro atoms. The van der Waals surface area contributed by atoms with E-state index < -0.39 is 17.1 Å². The molecule has 1 aromatic carbocycles. The summed E-state index contributed by atoms with van der Waals surface area (Å²) in [5.74, 6) is 0.0584. The molecular formula is C15H20ClN3O4. The first-order chi connectivity index (χ1) is 10.8. The third-order valence-electron chi connectivity index (χ3n) is 4.10. The van der Waals surface area contributed by atoms with Gasteiger partial charge in [0.1, 0.15) is 0 Å². The lowest BCUT2D eigenvalue weighted by atomic mass is 10.2. The van der Waals surface area contributed by atoms with Gasteiger partial charge in [0.25, 0.3) is 5.69 Å². The van der Waals surface area contributed by atoms with Gasteiger partial charge < -0.3 is 10.4 Å². The standard InChI is InChI=1S/C15H20ClN3O4/c1-9(18(2)8-14(20)10-3-4-10)15(21)17-13-6-5-11(19(22)23)7-12(13)16/h5-7,9-10,14,20H,3-4,8H2,1-2H3,(H,17,21). The topological polar surface area (TPSA) is 95.7 Å². The number of nitro groups is 1. The zero-order valence-corrected chi connectivity index (χ0v) is 13.8. The summed E-state index contributed by atoms with van der Waals surface area (Å²) in [4.78, 5) is 24.2. The van der Waals surface area contributed by atoms with Crippen LogP contribution in [0, 0.1) is 16.0 Å². The number of benzene rings is 1. The molecule has 0 bridgehead atoms. The number of anilines is 1. The Morgan fingerprint density at radius 1 is 1.57 bits per heavy atom. The summed E-state index contributed by atoms with van der Waals surface area (Å²) in [6.07, 6.45) is 1.65. The molecule has 1 saturated carbocycles. The third kappa shape index (κ3) is 4.63. The Morgan fingerprint density at radius 2 is 2.22 bits per heavy atom. The van der Waals surface area contributed by atoms with Crippen LogP contribution >= 0.6 is 11.6 Å². The highest BCUT2D eigenvalue weighted by Crippen LogP contribution is 2.33. The van der Waals surface area contributed by atoms with Gasteiger partial charge in [-0.2, -0.15) is 0 Å². The summed E-state index contributed by atoms with van der Waals surface area (Å²) in [6, 6.07) is 3.42. The van der Waals surface area contributed by atoms with Crippen molar-refractivity contribution in [3.63, 3.8) is 0 Å². The van der Waals surface area contributed by atoms with Gasteiger partial charge in [0.05, 0.1) is 27.8 Å². The summed E-state index contributed by atoms with van der Waals surface area (Å²) in [5.41, 5.74) is 0.191. The predicted octanol–water partition coefficient (Wildman–Crippen LogP) is 2.28. The third-order valence-corrected chi connectivity index (χ3v) is 4.42. The van der Waals surface area contributed by atoms with Crippen molar-refractivity contribution in [3.05, 3.63) is 33.3 Å². The Bertz CT molecular complexity index is 606. The number of hydrogen-bond donors (Lipinski definition) is 2. The van der Waals surface area contributed by atoms with E-state index in [4.69, 9.17) is 11.6 Å². The number of hydrogen-bond acceptors (Lipinski definition) is 5. The molecule has 0 saturated heterocycles. The molecule has 1 aliphatic carbocycles. The number of nitro benzene ring substituents is 1. The van der Waals surface area contributed by atoms with Crippen LogP contribution in [0.3, 0.4) is 0 Å². The fourth-order valence-electron chi connectivity index (χ4n) is 2.24. The lowest BCUT2D eigenvalue weighted by molar-refractivity contribution is -0.384. The highest BCUT2D eigenvalue weighted by molar-refractivity contribution is 6.34. The number of aliphatic hydroxyl groups excluding tert-OH is 1. The van der Waals surface area contributed by atoms with Crippen molar-refractivity contribution in [1.29, 1.82) is 0 Å². The van der Waals surface area contributed by atoms with Crippen LogP contribution in [0.1, 0.15) is 19.8 Å². The molecule has 23 heavy (non-hydrogen) atoms. The average Bonchev–Trinajstić information content (AvgIpc) is 3.32. The van der Waals surface area contributed by atoms with E-state index in [0.29, 0.717) is 18.2 Å². The molecule has 7 nitrogen and oxygen atoms in total. The van der Waals surface area contributed by atoms with Crippen LogP contribution in [0.2, 0.25) is 5.02 Å². The van der Waals surface area contributed by atoms with Crippen molar-refractivity contribution >= 4 is 28.9 Å². The minimum absolute atomic E-state index is 0.111. The Hall–Kier alpha value is -1.70. The minimum Gasteiger partial charge on any atom is -0.392 e. The fourth-order valence-corrected chi connectivity index (χ4v) is 2.46. The van der Waals surface area contributed by atoms with Crippen LogP contribution < -0.4 is 5.32 Å². The van der Waals surface area contributed by atoms with Crippen molar-refractivity contribution < 1.29 is 14.8 Å². The van der Waals surface area contributed by atoms with Crippen molar-refractivity contribution in [2.45, 2.75) is 31.9 Å². The second kappa shape index (κ2) is 7.25. The maximum atomic E-state index is 12.3. The Labute approximate surface area is 139 Å². The van der Waals surface area contributed by atoms with Gasteiger partial charge in [0.2, 0.25) is 5.91 Å². The van der Waals surface area contributed by atoms with Crippen molar-refractivity contribution in [2.24, 2.45) is 5.92 Å². The monoisotopic (exact) mass is 341 g/mol. The molecule has 2 atom stereocenters. The van der Waals surface area contributed by atoms with Gasteiger partial charge in [-0.1, -0.05) is 11.6 Å². The Kier molecular flexibility index (Phi) is 5.56. The number of carbonyl (C=O) groups is 1. The Balaban J connectivity index is 1.95. The summed E-state index contributed by atoms with van der Waals surface area (Å²) < 4.78 is 0. The number of rotatable bonds is 7. The van der Waals surface area contributed by atoms with Crippen LogP contribution in [-0.2, 0) is 4.79 Å². The largest absolute Gasteiger partial charge is 0.392 e. The molecule has 1 fully saturated rings. The number of likely N-dealkylation sites (N-methyl/N-ethyl adjacent to an activating group) is 1. The molecule has 0 aromatic heterocycles. The summed E-state index contributed by atoms with van der Waals surface area (Å²) in [6.45, 7) is 2.15. The molecule has 2 unspecified atom stereocenters. The highest BCUT2D eigenvalue weighted by Gasteiger charge is 2.32. The van der Waals surface area contributed by atoms with E-state index in [0.717, 1.165) is 12.8 Å². The highest BCUT2D eigenvalue weighted by atomic mass is 35.5. The van der Waals surface area contributed by atoms with Gasteiger partial charge >= 0.3 is 0 Å². The molecule has 1 aliphatic rings. The molecule has 126 valence electrons. The van der Waals surface area contributed by atoms with Gasteiger partial charge in [-0.25, -0.2) is 0 Å². The zero-order chi connectivity index (χ0) is 17.1. The van der Waals surface area contributed by atoms with E-state index in [1.807, 2.05) is 0 Å². The first-order valence-electron chi connectivity index (χ1n) is 7.42. The molecule has 0 aliphatic heterocycles.